The topological polar surface area (TPSA) is 713 Å². The molecule has 36 unspecified atom stereocenters. The molecule has 8 fully saturated rings. The van der Waals surface area contributed by atoms with Crippen molar-refractivity contribution < 1.29 is 188 Å². The molecule has 8 aliphatic heterocycles. The smallest absolute Gasteiger partial charge is 0.302 e. The van der Waals surface area contributed by atoms with Crippen molar-refractivity contribution in [2.24, 2.45) is 46.6 Å². The second-order valence-corrected chi connectivity index (χ2v) is 37.4. The van der Waals surface area contributed by atoms with Gasteiger partial charge in [-0.25, -0.2) is 0 Å². The lowest BCUT2D eigenvalue weighted by Gasteiger charge is -2.49. The molecule has 0 amide bonds. The summed E-state index contributed by atoms with van der Waals surface area (Å²) in [6, 6.07) is 17.9. The van der Waals surface area contributed by atoms with Crippen molar-refractivity contribution in [3.8, 4) is 0 Å². The summed E-state index contributed by atoms with van der Waals surface area (Å²) >= 11 is 0. The van der Waals surface area contributed by atoms with E-state index in [0.29, 0.717) is 19.8 Å². The molecule has 2 aromatic carbocycles. The summed E-state index contributed by atoms with van der Waals surface area (Å²) in [7, 11) is 0. The third kappa shape index (κ3) is 29.4. The Labute approximate surface area is 747 Å². The van der Waals surface area contributed by atoms with E-state index in [0.717, 1.165) is 11.1 Å². The molecule has 36 atom stereocenters. The lowest BCUT2D eigenvalue weighted by molar-refractivity contribution is -0.283. The summed E-state index contributed by atoms with van der Waals surface area (Å²) in [5, 5.41) is 214. The highest BCUT2D eigenvalue weighted by atomic mass is 16.6. The summed E-state index contributed by atoms with van der Waals surface area (Å²) in [5.74, 6) is -2.13. The van der Waals surface area contributed by atoms with Gasteiger partial charge in [0.2, 0.25) is 0 Å². The van der Waals surface area contributed by atoms with Crippen LogP contribution in [0.15, 0.2) is 60.7 Å². The molecule has 2 aromatic rings. The van der Waals surface area contributed by atoms with Crippen LogP contribution in [-0.2, 0) is 89.1 Å². The number of hydrogen-bond acceptors (Lipinski definition) is 42. The maximum atomic E-state index is 11.2. The Morgan fingerprint density at radius 1 is 0.305 bits per heavy atom. The van der Waals surface area contributed by atoms with Crippen molar-refractivity contribution >= 4 is 11.9 Å². The predicted molar refractivity (Wildman–Crippen MR) is 452 cm³/mol. The minimum absolute atomic E-state index is 0.0101. The second kappa shape index (κ2) is 49.6. The zero-order valence-electron chi connectivity index (χ0n) is 76.2. The highest BCUT2D eigenvalue weighted by Gasteiger charge is 2.57. The summed E-state index contributed by atoms with van der Waals surface area (Å²) in [5.41, 5.74) is 18.4. The molecule has 128 heavy (non-hydrogen) atoms. The Kier molecular flexibility index (Phi) is 44.3. The first-order valence-corrected chi connectivity index (χ1v) is 43.1. The normalized spacial score (nSPS) is 41.7. The van der Waals surface area contributed by atoms with E-state index < -0.39 is 255 Å². The fourth-order valence-electron chi connectivity index (χ4n) is 16.4. The Bertz CT molecular complexity index is 3490. The molecule has 0 aromatic heterocycles. The van der Waals surface area contributed by atoms with Gasteiger partial charge in [0.05, 0.1) is 164 Å². The average Bonchev–Trinajstić information content (AvgIpc) is 0.779. The standard InChI is InChI=1S/C24H39NO9.C19H35NO10.C16H25NO3.C11H21NO4.2C8H16O6/c1-23(2)21(25)18(27)15(17(33-23)12-31-10-14-7-5-4-6-8-14)11-32-13-24(3)22(30)20(29)19(28)16(9-26)34-24;1-9(22)28-7-12-10(13(23)16(20)18(2,3)29-12)6-27-8-19(4)17(26)15(25)14(24)11(5-21)30-19;1-11-14(18)13(20-16(2,3)15(11)17)10-19-9-12-7-5-4-6-8-12;1-6-9(14)8(5-15-7(2)13)16-11(3,4)10(6)12;2*1-8(3-10)7(13)6(12)5(11)4(2-9)14-8/h4-8,15-22,26-30H,9-13,25H2,1-3H3;10-17,21,23-26H,5-8,20H2,1-4H3;4-8,11,13-15,18H,9-10,17H2,1-3H3;6,8-10,14H,5,12H2,1-4H3;2*4-7,9-13H,2-3H2,1H3. The maximum absolute atomic E-state index is 11.2. The van der Waals surface area contributed by atoms with Crippen molar-refractivity contribution in [3.63, 3.8) is 0 Å². The van der Waals surface area contributed by atoms with Crippen LogP contribution >= 0.6 is 0 Å². The van der Waals surface area contributed by atoms with Crippen molar-refractivity contribution in [1.29, 1.82) is 0 Å². The van der Waals surface area contributed by atoms with E-state index in [1.54, 1.807) is 13.8 Å². The second-order valence-electron chi connectivity index (χ2n) is 37.4. The molecule has 42 nitrogen and oxygen atoms in total. The van der Waals surface area contributed by atoms with E-state index in [1.165, 1.54) is 41.5 Å². The first-order chi connectivity index (χ1) is 59.4. The van der Waals surface area contributed by atoms with Gasteiger partial charge in [0.1, 0.15) is 145 Å². The van der Waals surface area contributed by atoms with Crippen LogP contribution in [0.2, 0.25) is 0 Å². The van der Waals surface area contributed by atoms with E-state index in [9.17, 15) is 102 Å². The zero-order valence-corrected chi connectivity index (χ0v) is 76.2. The predicted octanol–water partition coefficient (Wildman–Crippen LogP) is -7.61. The summed E-state index contributed by atoms with van der Waals surface area (Å²) < 4.78 is 78.1. The van der Waals surface area contributed by atoms with Gasteiger partial charge in [-0.3, -0.25) is 9.59 Å². The molecule has 8 aliphatic rings. The number of carbonyl (C=O) groups excluding carboxylic acids is 2. The largest absolute Gasteiger partial charge is 0.463 e. The Morgan fingerprint density at radius 2 is 0.555 bits per heavy atom. The van der Waals surface area contributed by atoms with Gasteiger partial charge in [0, 0.05) is 49.6 Å². The van der Waals surface area contributed by atoms with Crippen molar-refractivity contribution in [1.82, 2.24) is 0 Å². The van der Waals surface area contributed by atoms with Crippen molar-refractivity contribution in [2.45, 2.75) is 339 Å². The van der Waals surface area contributed by atoms with Crippen LogP contribution in [0, 0.1) is 23.7 Å². The van der Waals surface area contributed by atoms with Crippen LogP contribution in [0.1, 0.15) is 122 Å². The quantitative estimate of drug-likeness (QED) is 0.0389. The van der Waals surface area contributed by atoms with E-state index in [1.807, 2.05) is 116 Å². The van der Waals surface area contributed by atoms with Gasteiger partial charge in [-0.2, -0.15) is 0 Å². The molecule has 0 bridgehead atoms. The van der Waals surface area contributed by atoms with E-state index >= 15 is 0 Å². The van der Waals surface area contributed by atoms with E-state index in [-0.39, 0.29) is 82.2 Å². The monoisotopic (exact) mass is 1850 g/mol. The van der Waals surface area contributed by atoms with Crippen molar-refractivity contribution in [3.05, 3.63) is 71.8 Å². The molecular formula is C86H152N4O38. The highest BCUT2D eigenvalue weighted by molar-refractivity contribution is 5.66. The van der Waals surface area contributed by atoms with Crippen LogP contribution in [0.25, 0.3) is 0 Å². The van der Waals surface area contributed by atoms with Crippen LogP contribution in [-0.4, -0.2) is 432 Å². The number of aliphatic hydroxyl groups excluding tert-OH is 22. The summed E-state index contributed by atoms with van der Waals surface area (Å²) in [6.45, 7) is 25.0. The lowest BCUT2D eigenvalue weighted by Crippen LogP contribution is -2.66. The number of ether oxygens (including phenoxy) is 14. The number of rotatable bonds is 26. The van der Waals surface area contributed by atoms with Crippen LogP contribution in [0.3, 0.4) is 0 Å². The number of hydrogen-bond donors (Lipinski definition) is 26. The molecule has 10 rings (SSSR count). The molecule has 8 heterocycles. The van der Waals surface area contributed by atoms with Crippen molar-refractivity contribution in [2.75, 3.05) is 92.5 Å². The fraction of sp³-hybridized carbons (Fsp3) is 0.837. The number of carbonyl (C=O) groups is 2. The maximum Gasteiger partial charge on any atom is 0.302 e. The fourth-order valence-corrected chi connectivity index (χ4v) is 16.4. The average molecular weight is 1850 g/mol. The minimum Gasteiger partial charge on any atom is -0.463 e. The first-order valence-electron chi connectivity index (χ1n) is 43.1. The van der Waals surface area contributed by atoms with Gasteiger partial charge in [-0.15, -0.1) is 0 Å². The Morgan fingerprint density at radius 3 is 0.844 bits per heavy atom. The highest BCUT2D eigenvalue weighted by Crippen LogP contribution is 2.40. The van der Waals surface area contributed by atoms with Crippen LogP contribution in [0.5, 0.6) is 0 Å². The van der Waals surface area contributed by atoms with Gasteiger partial charge < -0.3 is 202 Å². The van der Waals surface area contributed by atoms with Gasteiger partial charge >= 0.3 is 11.9 Å². The number of benzene rings is 2. The minimum atomic E-state index is -1.53. The third-order valence-corrected chi connectivity index (χ3v) is 25.4. The number of nitrogens with two attached hydrogens (primary N) is 4. The molecule has 0 radical (unpaired) electrons. The molecule has 744 valence electrons. The molecule has 0 spiro atoms. The molecule has 42 heteroatoms. The van der Waals surface area contributed by atoms with Gasteiger partial charge in [-0.1, -0.05) is 74.5 Å². The molecule has 0 saturated carbocycles. The SMILES string of the molecule is CC(=O)OCC1OC(C)(C)C(N)C(C)C1O.CC(=O)OCC1OC(C)(C)C(N)C(O)C1COCC1(C)OC(CO)C(O)C(O)C1O.CC1(C)OC(COCc2ccccc2)C(COCC2(C)OC(CO)C(O)C(O)C2O)C(O)C1N.CC1(CO)OC(CO)C(O)C(O)C1O.CC1(CO)OC(CO)C(O)C(O)C1O.CC1C(O)C(COCc2ccccc2)OC(C)(C)C1N. The summed E-state index contributed by atoms with van der Waals surface area (Å²) in [6.07, 6.45) is -26.6. The Hall–Kier alpha value is -4.14. The zero-order chi connectivity index (χ0) is 97.1. The molecular weight excluding hydrogens is 1700 g/mol. The molecule has 0 aliphatic carbocycles. The third-order valence-electron chi connectivity index (χ3n) is 25.4. The van der Waals surface area contributed by atoms with E-state index in [4.69, 9.17) is 110 Å². The van der Waals surface area contributed by atoms with E-state index in [2.05, 4.69) is 0 Å². The molecule has 30 N–H and O–H groups in total. The van der Waals surface area contributed by atoms with Gasteiger partial charge in [0.15, 0.2) is 0 Å². The Balaban J connectivity index is 0.000000282. The van der Waals surface area contributed by atoms with Gasteiger partial charge in [0.25, 0.3) is 0 Å². The number of aliphatic hydroxyl groups is 22. The lowest BCUT2D eigenvalue weighted by atomic mass is 9.80. The first kappa shape index (κ1) is 114. The van der Waals surface area contributed by atoms with Crippen LogP contribution in [0.4, 0.5) is 0 Å². The van der Waals surface area contributed by atoms with Crippen LogP contribution < -0.4 is 22.9 Å². The molecule has 8 saturated heterocycles. The van der Waals surface area contributed by atoms with Gasteiger partial charge in [-0.05, 0) is 94.2 Å². The summed E-state index contributed by atoms with van der Waals surface area (Å²) in [4.78, 5) is 21.9. The number of esters is 2.